The highest BCUT2D eigenvalue weighted by Gasteiger charge is 2.16. The zero-order valence-electron chi connectivity index (χ0n) is 9.69. The van der Waals surface area contributed by atoms with Gasteiger partial charge in [0.15, 0.2) is 0 Å². The molecule has 100 valence electrons. The number of para-hydroxylation sites is 1. The van der Waals surface area contributed by atoms with Gasteiger partial charge in [0.1, 0.15) is 11.2 Å². The molecule has 5 nitrogen and oxygen atoms in total. The molecule has 0 spiro atoms. The summed E-state index contributed by atoms with van der Waals surface area (Å²) in [4.78, 5) is 19.4. The van der Waals surface area contributed by atoms with Crippen LogP contribution >= 0.6 is 34.8 Å². The van der Waals surface area contributed by atoms with E-state index in [4.69, 9.17) is 40.1 Å². The Hall–Kier alpha value is -1.87. The first-order valence-corrected chi connectivity index (χ1v) is 6.34. The molecular formula is C12H5Cl3N4O. The lowest BCUT2D eigenvalue weighted by atomic mass is 10.2. The topological polar surface area (TPSA) is 78.7 Å². The van der Waals surface area contributed by atoms with Gasteiger partial charge in [0.25, 0.3) is 5.91 Å². The monoisotopic (exact) mass is 326 g/mol. The summed E-state index contributed by atoms with van der Waals surface area (Å²) >= 11 is 17.3. The van der Waals surface area contributed by atoms with E-state index in [1.165, 1.54) is 12.3 Å². The van der Waals surface area contributed by atoms with Crippen LogP contribution in [0.1, 0.15) is 15.9 Å². The SMILES string of the molecule is N#Cc1cccc(Cl)c1NC(=O)c1cnc(Cl)nc1Cl. The summed E-state index contributed by atoms with van der Waals surface area (Å²) in [5, 5.41) is 11.6. The van der Waals surface area contributed by atoms with Crippen LogP contribution in [0.4, 0.5) is 5.69 Å². The number of benzene rings is 1. The minimum atomic E-state index is -0.587. The molecule has 0 aliphatic carbocycles. The van der Waals surface area contributed by atoms with Crippen molar-refractivity contribution in [1.29, 1.82) is 5.26 Å². The van der Waals surface area contributed by atoms with Crippen LogP contribution in [-0.2, 0) is 0 Å². The van der Waals surface area contributed by atoms with E-state index < -0.39 is 5.91 Å². The van der Waals surface area contributed by atoms with Gasteiger partial charge in [-0.05, 0) is 23.7 Å². The molecular weight excluding hydrogens is 323 g/mol. The molecule has 1 aromatic heterocycles. The predicted molar refractivity (Wildman–Crippen MR) is 76.2 cm³/mol. The first kappa shape index (κ1) is 14.5. The normalized spacial score (nSPS) is 9.90. The quantitative estimate of drug-likeness (QED) is 0.675. The number of hydrogen-bond acceptors (Lipinski definition) is 4. The van der Waals surface area contributed by atoms with Gasteiger partial charge in [-0.15, -0.1) is 0 Å². The third kappa shape index (κ3) is 2.99. The minimum Gasteiger partial charge on any atom is -0.319 e. The molecule has 20 heavy (non-hydrogen) atoms. The average Bonchev–Trinajstić information content (AvgIpc) is 2.40. The molecule has 0 aliphatic heterocycles. The van der Waals surface area contributed by atoms with Crippen molar-refractivity contribution in [3.63, 3.8) is 0 Å². The Labute approximate surface area is 129 Å². The summed E-state index contributed by atoms with van der Waals surface area (Å²) in [5.74, 6) is -0.587. The van der Waals surface area contributed by atoms with Crippen LogP contribution in [0, 0.1) is 11.3 Å². The smallest absolute Gasteiger partial charge is 0.260 e. The van der Waals surface area contributed by atoms with Gasteiger partial charge in [-0.25, -0.2) is 9.97 Å². The Balaban J connectivity index is 2.36. The number of hydrogen-bond donors (Lipinski definition) is 1. The number of nitrogens with one attached hydrogen (secondary N) is 1. The maximum atomic E-state index is 12.1. The van der Waals surface area contributed by atoms with Gasteiger partial charge in [-0.1, -0.05) is 29.3 Å². The lowest BCUT2D eigenvalue weighted by Crippen LogP contribution is -2.14. The highest BCUT2D eigenvalue weighted by Crippen LogP contribution is 2.26. The fourth-order valence-corrected chi connectivity index (χ4v) is 2.03. The molecule has 0 unspecified atom stereocenters. The second-order valence-corrected chi connectivity index (χ2v) is 4.68. The Morgan fingerprint density at radius 3 is 2.70 bits per heavy atom. The number of nitrogens with zero attached hydrogens (tertiary/aromatic N) is 3. The van der Waals surface area contributed by atoms with Crippen LogP contribution in [-0.4, -0.2) is 15.9 Å². The van der Waals surface area contributed by atoms with Gasteiger partial charge in [-0.3, -0.25) is 4.79 Å². The maximum absolute atomic E-state index is 12.1. The van der Waals surface area contributed by atoms with Crippen molar-refractivity contribution in [2.24, 2.45) is 0 Å². The number of amides is 1. The highest BCUT2D eigenvalue weighted by atomic mass is 35.5. The van der Waals surface area contributed by atoms with Crippen molar-refractivity contribution in [1.82, 2.24) is 9.97 Å². The first-order valence-electron chi connectivity index (χ1n) is 5.21. The second-order valence-electron chi connectivity index (χ2n) is 3.57. The molecule has 2 rings (SSSR count). The number of carbonyl (C=O) groups is 1. The molecule has 1 amide bonds. The van der Waals surface area contributed by atoms with Crippen molar-refractivity contribution < 1.29 is 4.79 Å². The van der Waals surface area contributed by atoms with Crippen LogP contribution in [0.5, 0.6) is 0 Å². The number of nitriles is 1. The van der Waals surface area contributed by atoms with Gasteiger partial charge >= 0.3 is 0 Å². The Kier molecular flexibility index (Phi) is 4.40. The van der Waals surface area contributed by atoms with Gasteiger partial charge in [0.2, 0.25) is 5.28 Å². The Morgan fingerprint density at radius 1 is 1.30 bits per heavy atom. The summed E-state index contributed by atoms with van der Waals surface area (Å²) in [6, 6.07) is 6.62. The van der Waals surface area contributed by atoms with E-state index in [2.05, 4.69) is 15.3 Å². The molecule has 8 heteroatoms. The van der Waals surface area contributed by atoms with Crippen molar-refractivity contribution in [3.8, 4) is 6.07 Å². The highest BCUT2D eigenvalue weighted by molar-refractivity contribution is 6.36. The van der Waals surface area contributed by atoms with E-state index in [0.29, 0.717) is 0 Å². The lowest BCUT2D eigenvalue weighted by Gasteiger charge is -2.09. The number of aromatic nitrogens is 2. The summed E-state index contributed by atoms with van der Waals surface area (Å²) in [7, 11) is 0. The third-order valence-electron chi connectivity index (χ3n) is 2.33. The van der Waals surface area contributed by atoms with Gasteiger partial charge in [0.05, 0.1) is 21.8 Å². The van der Waals surface area contributed by atoms with Crippen molar-refractivity contribution in [2.45, 2.75) is 0 Å². The summed E-state index contributed by atoms with van der Waals surface area (Å²) < 4.78 is 0. The van der Waals surface area contributed by atoms with E-state index in [1.807, 2.05) is 6.07 Å². The van der Waals surface area contributed by atoms with Gasteiger partial charge < -0.3 is 5.32 Å². The standard InChI is InChI=1S/C12H5Cl3N4O/c13-8-3-1-2-6(4-16)9(8)18-11(20)7-5-17-12(15)19-10(7)14/h1-3,5H,(H,18,20). The Morgan fingerprint density at radius 2 is 2.05 bits per heavy atom. The number of anilines is 1. The summed E-state index contributed by atoms with van der Waals surface area (Å²) in [6.45, 7) is 0. The molecule has 0 bridgehead atoms. The van der Waals surface area contributed by atoms with Crippen molar-refractivity contribution >= 4 is 46.4 Å². The van der Waals surface area contributed by atoms with Crippen LogP contribution in [0.2, 0.25) is 15.5 Å². The Bertz CT molecular complexity index is 727. The second kappa shape index (κ2) is 6.06. The summed E-state index contributed by atoms with van der Waals surface area (Å²) in [6.07, 6.45) is 1.19. The molecule has 1 N–H and O–H groups in total. The fraction of sp³-hybridized carbons (Fsp3) is 0. The molecule has 0 saturated heterocycles. The van der Waals surface area contributed by atoms with Gasteiger partial charge in [0, 0.05) is 6.20 Å². The summed E-state index contributed by atoms with van der Waals surface area (Å²) in [5.41, 5.74) is 0.462. The van der Waals surface area contributed by atoms with Crippen molar-refractivity contribution in [2.75, 3.05) is 5.32 Å². The molecule has 0 atom stereocenters. The van der Waals surface area contributed by atoms with E-state index in [0.717, 1.165) is 0 Å². The molecule has 0 saturated carbocycles. The van der Waals surface area contributed by atoms with Gasteiger partial charge in [-0.2, -0.15) is 5.26 Å². The first-order chi connectivity index (χ1) is 9.52. The molecule has 0 radical (unpaired) electrons. The van der Waals surface area contributed by atoms with Crippen LogP contribution in [0.3, 0.4) is 0 Å². The van der Waals surface area contributed by atoms with Crippen LogP contribution in [0.15, 0.2) is 24.4 Å². The zero-order valence-corrected chi connectivity index (χ0v) is 12.0. The van der Waals surface area contributed by atoms with E-state index >= 15 is 0 Å². The number of halogens is 3. The van der Waals surface area contributed by atoms with E-state index in [9.17, 15) is 4.79 Å². The predicted octanol–water partition coefficient (Wildman–Crippen LogP) is 3.56. The number of carbonyl (C=O) groups excluding carboxylic acids is 1. The zero-order chi connectivity index (χ0) is 14.7. The molecule has 0 aliphatic rings. The molecule has 0 fully saturated rings. The third-order valence-corrected chi connectivity index (χ3v) is 3.12. The largest absolute Gasteiger partial charge is 0.319 e. The molecule has 1 heterocycles. The van der Waals surface area contributed by atoms with Crippen LogP contribution < -0.4 is 5.32 Å². The lowest BCUT2D eigenvalue weighted by molar-refractivity contribution is 0.102. The van der Waals surface area contributed by atoms with E-state index in [1.54, 1.807) is 12.1 Å². The average molecular weight is 328 g/mol. The number of rotatable bonds is 2. The molecule has 2 aromatic rings. The minimum absolute atomic E-state index is 0.0277. The van der Waals surface area contributed by atoms with Crippen molar-refractivity contribution in [3.05, 3.63) is 51.0 Å². The maximum Gasteiger partial charge on any atom is 0.260 e. The molecule has 1 aromatic carbocycles. The van der Waals surface area contributed by atoms with E-state index in [-0.39, 0.29) is 32.3 Å². The van der Waals surface area contributed by atoms with Crippen LogP contribution in [0.25, 0.3) is 0 Å². The fourth-order valence-electron chi connectivity index (χ4n) is 1.42.